The lowest BCUT2D eigenvalue weighted by molar-refractivity contribution is -0.383. The summed E-state index contributed by atoms with van der Waals surface area (Å²) in [5.74, 6) is 0. The maximum Gasteiger partial charge on any atom is 0.299 e. The van der Waals surface area contributed by atoms with E-state index < -0.39 is 0 Å². The number of hydrogen-bond donors (Lipinski definition) is 0. The summed E-state index contributed by atoms with van der Waals surface area (Å²) in [6.07, 6.45) is 1.63. The van der Waals surface area contributed by atoms with Crippen molar-refractivity contribution in [1.82, 2.24) is 15.0 Å². The molecule has 0 radical (unpaired) electrons. The van der Waals surface area contributed by atoms with Gasteiger partial charge in [0.1, 0.15) is 5.52 Å². The van der Waals surface area contributed by atoms with Crippen LogP contribution >= 0.6 is 0 Å². The summed E-state index contributed by atoms with van der Waals surface area (Å²) < 4.78 is 1.49. The summed E-state index contributed by atoms with van der Waals surface area (Å²) in [7, 11) is 0. The van der Waals surface area contributed by atoms with Crippen molar-refractivity contribution in [3.8, 4) is 0 Å². The molecule has 0 aliphatic heterocycles. The number of allylic oxidation sites excluding steroid dienone is 1. The van der Waals surface area contributed by atoms with Gasteiger partial charge in [-0.05, 0) is 25.5 Å². The van der Waals surface area contributed by atoms with Crippen LogP contribution in [-0.4, -0.2) is 19.9 Å². The van der Waals surface area contributed by atoms with Crippen molar-refractivity contribution in [1.29, 1.82) is 0 Å². The van der Waals surface area contributed by atoms with Crippen LogP contribution in [0.15, 0.2) is 18.7 Å². The smallest absolute Gasteiger partial charge is 0.258 e. The van der Waals surface area contributed by atoms with Crippen LogP contribution in [0, 0.1) is 24.0 Å². The number of aromatic nitrogens is 3. The Morgan fingerprint density at radius 1 is 1.59 bits per heavy atom. The summed E-state index contributed by atoms with van der Waals surface area (Å²) in [6.45, 7) is 7.56. The van der Waals surface area contributed by atoms with E-state index in [4.69, 9.17) is 0 Å². The minimum absolute atomic E-state index is 0.0758. The number of nitrogens with zero attached hydrogens (tertiary/aromatic N) is 4. The molecule has 0 spiro atoms. The molecule has 0 saturated heterocycles. The first-order valence-corrected chi connectivity index (χ1v) is 5.15. The van der Waals surface area contributed by atoms with Crippen LogP contribution in [0.4, 0.5) is 5.69 Å². The molecular formula is C11H12N4O2. The van der Waals surface area contributed by atoms with Crippen LogP contribution in [0.2, 0.25) is 0 Å². The Morgan fingerprint density at radius 3 is 2.88 bits per heavy atom. The second kappa shape index (κ2) is 3.97. The van der Waals surface area contributed by atoms with Crippen LogP contribution in [0.5, 0.6) is 0 Å². The Bertz CT molecular complexity index is 615. The fourth-order valence-electron chi connectivity index (χ4n) is 1.82. The SMILES string of the molecule is C=CCn1nnc2cc(C)c(C)c([N+](=O)[O-])c21. The number of nitro groups is 1. The van der Waals surface area contributed by atoms with Gasteiger partial charge in [-0.25, -0.2) is 4.68 Å². The van der Waals surface area contributed by atoms with E-state index in [-0.39, 0.29) is 10.6 Å². The zero-order valence-electron chi connectivity index (χ0n) is 9.67. The average Bonchev–Trinajstić information content (AvgIpc) is 2.63. The summed E-state index contributed by atoms with van der Waals surface area (Å²) in [6, 6.07) is 1.81. The van der Waals surface area contributed by atoms with Gasteiger partial charge in [0.2, 0.25) is 0 Å². The molecule has 0 aliphatic carbocycles. The lowest BCUT2D eigenvalue weighted by Gasteiger charge is -2.04. The number of aryl methyl sites for hydroxylation is 1. The summed E-state index contributed by atoms with van der Waals surface area (Å²) in [4.78, 5) is 10.8. The van der Waals surface area contributed by atoms with Crippen LogP contribution in [0.3, 0.4) is 0 Å². The Morgan fingerprint density at radius 2 is 2.29 bits per heavy atom. The predicted octanol–water partition coefficient (Wildman–Crippen LogP) is 2.14. The second-order valence-corrected chi connectivity index (χ2v) is 3.85. The first-order chi connectivity index (χ1) is 8.06. The van der Waals surface area contributed by atoms with E-state index in [2.05, 4.69) is 16.9 Å². The molecule has 1 heterocycles. The number of nitro benzene ring substituents is 1. The quantitative estimate of drug-likeness (QED) is 0.461. The highest BCUT2D eigenvalue weighted by Crippen LogP contribution is 2.30. The van der Waals surface area contributed by atoms with Crippen LogP contribution < -0.4 is 0 Å². The van der Waals surface area contributed by atoms with Gasteiger partial charge in [-0.2, -0.15) is 0 Å². The van der Waals surface area contributed by atoms with Gasteiger partial charge in [-0.3, -0.25) is 10.1 Å². The molecule has 6 nitrogen and oxygen atoms in total. The third kappa shape index (κ3) is 1.67. The summed E-state index contributed by atoms with van der Waals surface area (Å²) in [5, 5.41) is 19.0. The van der Waals surface area contributed by atoms with Crippen molar-refractivity contribution >= 4 is 16.7 Å². The highest BCUT2D eigenvalue weighted by molar-refractivity contribution is 5.87. The van der Waals surface area contributed by atoms with Crippen molar-refractivity contribution in [2.24, 2.45) is 0 Å². The van der Waals surface area contributed by atoms with Gasteiger partial charge in [0.05, 0.1) is 11.5 Å². The fraction of sp³-hybridized carbons (Fsp3) is 0.273. The largest absolute Gasteiger partial charge is 0.299 e. The number of hydrogen-bond acceptors (Lipinski definition) is 4. The van der Waals surface area contributed by atoms with Crippen molar-refractivity contribution in [3.05, 3.63) is 40.0 Å². The Kier molecular flexibility index (Phi) is 2.63. The topological polar surface area (TPSA) is 73.8 Å². The van der Waals surface area contributed by atoms with Crippen molar-refractivity contribution in [2.75, 3.05) is 0 Å². The molecule has 1 aromatic heterocycles. The van der Waals surface area contributed by atoms with E-state index in [1.54, 1.807) is 13.0 Å². The van der Waals surface area contributed by atoms with E-state index in [0.29, 0.717) is 23.1 Å². The van der Waals surface area contributed by atoms with E-state index in [1.807, 2.05) is 13.0 Å². The zero-order chi connectivity index (χ0) is 12.6. The molecule has 2 aromatic rings. The molecule has 0 atom stereocenters. The van der Waals surface area contributed by atoms with Gasteiger partial charge in [0.25, 0.3) is 5.69 Å². The van der Waals surface area contributed by atoms with Crippen molar-refractivity contribution in [3.63, 3.8) is 0 Å². The monoisotopic (exact) mass is 232 g/mol. The van der Waals surface area contributed by atoms with Crippen LogP contribution in [0.1, 0.15) is 11.1 Å². The second-order valence-electron chi connectivity index (χ2n) is 3.85. The number of fused-ring (bicyclic) bond motifs is 1. The molecular weight excluding hydrogens is 220 g/mol. The molecule has 17 heavy (non-hydrogen) atoms. The highest BCUT2D eigenvalue weighted by atomic mass is 16.6. The summed E-state index contributed by atoms with van der Waals surface area (Å²) >= 11 is 0. The Hall–Kier alpha value is -2.24. The van der Waals surface area contributed by atoms with E-state index in [0.717, 1.165) is 5.56 Å². The minimum atomic E-state index is -0.381. The summed E-state index contributed by atoms with van der Waals surface area (Å²) in [5.41, 5.74) is 2.57. The van der Waals surface area contributed by atoms with Gasteiger partial charge >= 0.3 is 0 Å². The molecule has 2 rings (SSSR count). The minimum Gasteiger partial charge on any atom is -0.258 e. The normalized spacial score (nSPS) is 10.7. The standard InChI is InChI=1S/C11H12N4O2/c1-4-5-14-11-9(12-13-14)6-7(2)8(3)10(11)15(16)17/h4,6H,1,5H2,2-3H3. The molecule has 0 aliphatic rings. The fourth-order valence-corrected chi connectivity index (χ4v) is 1.82. The first kappa shape index (κ1) is 11.3. The third-order valence-corrected chi connectivity index (χ3v) is 2.77. The number of rotatable bonds is 3. The lowest BCUT2D eigenvalue weighted by atomic mass is 10.1. The zero-order valence-corrected chi connectivity index (χ0v) is 9.67. The maximum atomic E-state index is 11.2. The molecule has 0 amide bonds. The van der Waals surface area contributed by atoms with Gasteiger partial charge in [-0.1, -0.05) is 11.3 Å². The molecule has 6 heteroatoms. The lowest BCUT2D eigenvalue weighted by Crippen LogP contribution is -2.02. The van der Waals surface area contributed by atoms with Crippen molar-refractivity contribution < 1.29 is 4.92 Å². The van der Waals surface area contributed by atoms with Crippen molar-refractivity contribution in [2.45, 2.75) is 20.4 Å². The van der Waals surface area contributed by atoms with E-state index in [1.165, 1.54) is 4.68 Å². The third-order valence-electron chi connectivity index (χ3n) is 2.77. The first-order valence-electron chi connectivity index (χ1n) is 5.15. The molecule has 1 aromatic carbocycles. The number of benzene rings is 1. The van der Waals surface area contributed by atoms with Crippen LogP contribution in [0.25, 0.3) is 11.0 Å². The predicted molar refractivity (Wildman–Crippen MR) is 63.9 cm³/mol. The van der Waals surface area contributed by atoms with Gasteiger partial charge < -0.3 is 0 Å². The van der Waals surface area contributed by atoms with E-state index in [9.17, 15) is 10.1 Å². The molecule has 88 valence electrons. The van der Waals surface area contributed by atoms with Gasteiger partial charge in [0.15, 0.2) is 5.52 Å². The van der Waals surface area contributed by atoms with Gasteiger partial charge in [0, 0.05) is 5.56 Å². The van der Waals surface area contributed by atoms with Gasteiger partial charge in [-0.15, -0.1) is 11.7 Å². The molecule has 0 unspecified atom stereocenters. The molecule has 0 fully saturated rings. The Balaban J connectivity index is 2.88. The Labute approximate surface area is 97.7 Å². The maximum absolute atomic E-state index is 11.2. The molecule has 0 saturated carbocycles. The highest BCUT2D eigenvalue weighted by Gasteiger charge is 2.22. The molecule has 0 bridgehead atoms. The van der Waals surface area contributed by atoms with E-state index >= 15 is 0 Å². The average molecular weight is 232 g/mol. The molecule has 0 N–H and O–H groups in total. The van der Waals surface area contributed by atoms with Crippen LogP contribution in [-0.2, 0) is 6.54 Å².